The summed E-state index contributed by atoms with van der Waals surface area (Å²) in [7, 11) is -3.75. The average molecular weight is 574 g/mol. The van der Waals surface area contributed by atoms with Crippen molar-refractivity contribution in [1.29, 1.82) is 0 Å². The van der Waals surface area contributed by atoms with Gasteiger partial charge in [0.05, 0.1) is 42.9 Å². The number of carbonyl (C=O) groups is 2. The van der Waals surface area contributed by atoms with Crippen LogP contribution < -0.4 is 0 Å². The van der Waals surface area contributed by atoms with Crippen molar-refractivity contribution in [2.24, 2.45) is 0 Å². The molecule has 3 aliphatic heterocycles. The number of aliphatic hydroxyl groups is 1. The Bertz CT molecular complexity index is 1370. The third kappa shape index (κ3) is 5.81. The van der Waals surface area contributed by atoms with Crippen molar-refractivity contribution in [3.8, 4) is 0 Å². The van der Waals surface area contributed by atoms with E-state index in [9.17, 15) is 27.5 Å². The minimum Gasteiger partial charge on any atom is -0.507 e. The fourth-order valence-electron chi connectivity index (χ4n) is 5.27. The van der Waals surface area contributed by atoms with Gasteiger partial charge in [0.15, 0.2) is 0 Å². The molecule has 0 spiro atoms. The van der Waals surface area contributed by atoms with Crippen LogP contribution in [0.5, 0.6) is 0 Å². The minimum atomic E-state index is -3.75. The van der Waals surface area contributed by atoms with E-state index in [2.05, 4.69) is 4.90 Å². The largest absolute Gasteiger partial charge is 0.507 e. The summed E-state index contributed by atoms with van der Waals surface area (Å²) < 4.78 is 51.7. The van der Waals surface area contributed by atoms with Gasteiger partial charge in [0, 0.05) is 44.8 Å². The number of rotatable bonds is 8. The van der Waals surface area contributed by atoms with Crippen molar-refractivity contribution in [2.75, 3.05) is 65.7 Å². The number of ketones is 1. The van der Waals surface area contributed by atoms with Crippen LogP contribution in [0.15, 0.2) is 59.0 Å². The highest BCUT2D eigenvalue weighted by molar-refractivity contribution is 7.89. The minimum absolute atomic E-state index is 0.0459. The molecule has 1 atom stereocenters. The number of hydrogen-bond acceptors (Lipinski definition) is 8. The molecule has 0 bridgehead atoms. The number of likely N-dealkylation sites (tertiary alicyclic amines) is 1. The molecule has 0 aliphatic carbocycles. The Hall–Kier alpha value is -3.16. The summed E-state index contributed by atoms with van der Waals surface area (Å²) in [5.41, 5.74) is 0.561. The van der Waals surface area contributed by atoms with E-state index >= 15 is 0 Å². The summed E-state index contributed by atoms with van der Waals surface area (Å²) in [6.07, 6.45) is 0.596. The SMILES string of the molecule is O=C1C(=O)N(CCCN2CCOCC2)C(c2ccc(F)cc2)C1=C(O)c1ccc(S(=O)(=O)N2CCOCC2)cc1. The molecular weight excluding hydrogens is 541 g/mol. The van der Waals surface area contributed by atoms with Crippen LogP contribution in [0, 0.1) is 5.82 Å². The monoisotopic (exact) mass is 573 g/mol. The Morgan fingerprint density at radius 2 is 1.48 bits per heavy atom. The maximum absolute atomic E-state index is 13.7. The van der Waals surface area contributed by atoms with Gasteiger partial charge in [-0.25, -0.2) is 12.8 Å². The molecule has 10 nitrogen and oxygen atoms in total. The average Bonchev–Trinajstić information content (AvgIpc) is 3.23. The molecule has 1 N–H and O–H groups in total. The van der Waals surface area contributed by atoms with E-state index in [4.69, 9.17) is 9.47 Å². The second-order valence-corrected chi connectivity index (χ2v) is 11.8. The number of nitrogens with zero attached hydrogens (tertiary/aromatic N) is 3. The lowest BCUT2D eigenvalue weighted by atomic mass is 9.95. The highest BCUT2D eigenvalue weighted by atomic mass is 32.2. The lowest BCUT2D eigenvalue weighted by molar-refractivity contribution is -0.140. The van der Waals surface area contributed by atoms with Gasteiger partial charge < -0.3 is 19.5 Å². The van der Waals surface area contributed by atoms with E-state index in [1.807, 2.05) is 0 Å². The van der Waals surface area contributed by atoms with Crippen molar-refractivity contribution < 1.29 is 37.0 Å². The summed E-state index contributed by atoms with van der Waals surface area (Å²) in [5.74, 6) is -2.48. The molecule has 1 unspecified atom stereocenters. The van der Waals surface area contributed by atoms with Gasteiger partial charge >= 0.3 is 0 Å². The summed E-state index contributed by atoms with van der Waals surface area (Å²) >= 11 is 0. The smallest absolute Gasteiger partial charge is 0.295 e. The van der Waals surface area contributed by atoms with E-state index in [1.54, 1.807) is 0 Å². The first kappa shape index (κ1) is 28.4. The maximum atomic E-state index is 13.7. The van der Waals surface area contributed by atoms with E-state index < -0.39 is 39.3 Å². The molecule has 3 heterocycles. The summed E-state index contributed by atoms with van der Waals surface area (Å²) in [6.45, 7) is 4.96. The molecule has 0 saturated carbocycles. The molecule has 40 heavy (non-hydrogen) atoms. The molecule has 0 radical (unpaired) electrons. The molecule has 1 amide bonds. The number of hydrogen-bond donors (Lipinski definition) is 1. The van der Waals surface area contributed by atoms with E-state index in [0.717, 1.165) is 13.1 Å². The lowest BCUT2D eigenvalue weighted by Crippen LogP contribution is -2.40. The number of morpholine rings is 2. The van der Waals surface area contributed by atoms with Gasteiger partial charge in [-0.3, -0.25) is 14.5 Å². The highest BCUT2D eigenvalue weighted by Crippen LogP contribution is 2.39. The summed E-state index contributed by atoms with van der Waals surface area (Å²) in [6, 6.07) is 10.1. The van der Waals surface area contributed by atoms with Crippen molar-refractivity contribution in [2.45, 2.75) is 17.4 Å². The van der Waals surface area contributed by atoms with Crippen LogP contribution >= 0.6 is 0 Å². The summed E-state index contributed by atoms with van der Waals surface area (Å²) in [5, 5.41) is 11.3. The van der Waals surface area contributed by atoms with Crippen LogP contribution in [-0.4, -0.2) is 105 Å². The van der Waals surface area contributed by atoms with Gasteiger partial charge in [0.2, 0.25) is 10.0 Å². The van der Waals surface area contributed by atoms with Crippen molar-refractivity contribution in [1.82, 2.24) is 14.1 Å². The van der Waals surface area contributed by atoms with Gasteiger partial charge in [0.1, 0.15) is 11.6 Å². The Kier molecular flexibility index (Phi) is 8.62. The fraction of sp³-hybridized carbons (Fsp3) is 0.429. The Morgan fingerprint density at radius 3 is 2.10 bits per heavy atom. The van der Waals surface area contributed by atoms with Crippen molar-refractivity contribution >= 4 is 27.5 Å². The number of ether oxygens (including phenoxy) is 2. The van der Waals surface area contributed by atoms with E-state index in [1.165, 1.54) is 57.7 Å². The number of carbonyl (C=O) groups excluding carboxylic acids is 2. The van der Waals surface area contributed by atoms with Gasteiger partial charge in [-0.15, -0.1) is 0 Å². The zero-order valence-electron chi connectivity index (χ0n) is 22.0. The molecule has 3 fully saturated rings. The van der Waals surface area contributed by atoms with Gasteiger partial charge in [-0.2, -0.15) is 4.31 Å². The zero-order chi connectivity index (χ0) is 28.3. The van der Waals surface area contributed by atoms with E-state index in [-0.39, 0.29) is 35.7 Å². The first-order valence-corrected chi connectivity index (χ1v) is 14.7. The Labute approximate surface area is 232 Å². The number of aliphatic hydroxyl groups excluding tert-OH is 1. The Morgan fingerprint density at radius 1 is 0.875 bits per heavy atom. The highest BCUT2D eigenvalue weighted by Gasteiger charge is 2.46. The van der Waals surface area contributed by atoms with Crippen LogP contribution in [0.1, 0.15) is 23.6 Å². The number of amides is 1. The molecule has 2 aromatic carbocycles. The standard InChI is InChI=1S/C28H32FN3O7S/c29-22-6-2-20(3-7-22)25-24(27(34)28(35)32(25)11-1-10-30-12-16-38-17-13-30)26(33)21-4-8-23(9-5-21)40(36,37)31-14-18-39-19-15-31/h2-9,25,33H,1,10-19H2. The van der Waals surface area contributed by atoms with Crippen molar-refractivity contribution in [3.63, 3.8) is 0 Å². The lowest BCUT2D eigenvalue weighted by Gasteiger charge is -2.29. The molecule has 2 aromatic rings. The number of benzene rings is 2. The van der Waals surface area contributed by atoms with Gasteiger partial charge in [-0.1, -0.05) is 12.1 Å². The van der Waals surface area contributed by atoms with Gasteiger partial charge in [0.25, 0.3) is 11.7 Å². The predicted molar refractivity (Wildman–Crippen MR) is 143 cm³/mol. The second-order valence-electron chi connectivity index (χ2n) is 9.89. The van der Waals surface area contributed by atoms with E-state index in [0.29, 0.717) is 45.0 Å². The van der Waals surface area contributed by atoms with Gasteiger partial charge in [-0.05, 0) is 48.4 Å². The second kappa shape index (κ2) is 12.1. The molecule has 214 valence electrons. The maximum Gasteiger partial charge on any atom is 0.295 e. The predicted octanol–water partition coefficient (Wildman–Crippen LogP) is 1.99. The molecule has 5 rings (SSSR count). The molecular formula is C28H32FN3O7S. The van der Waals surface area contributed by atoms with Crippen LogP contribution in [-0.2, 0) is 29.1 Å². The number of sulfonamides is 1. The van der Waals surface area contributed by atoms with Crippen LogP contribution in [0.3, 0.4) is 0 Å². The molecule has 3 aliphatic rings. The third-order valence-corrected chi connectivity index (χ3v) is 9.35. The molecule has 12 heteroatoms. The third-order valence-electron chi connectivity index (χ3n) is 7.44. The first-order chi connectivity index (χ1) is 19.3. The normalized spacial score (nSPS) is 22.6. The molecule has 0 aromatic heterocycles. The number of Topliss-reactive ketones (excluding diaryl/α,β-unsaturated/α-hetero) is 1. The first-order valence-electron chi connectivity index (χ1n) is 13.3. The quantitative estimate of drug-likeness (QED) is 0.290. The number of halogens is 1. The van der Waals surface area contributed by atoms with Crippen LogP contribution in [0.4, 0.5) is 4.39 Å². The Balaban J connectivity index is 1.44. The molecule has 3 saturated heterocycles. The topological polar surface area (TPSA) is 117 Å². The van der Waals surface area contributed by atoms with Crippen LogP contribution in [0.2, 0.25) is 0 Å². The van der Waals surface area contributed by atoms with Crippen molar-refractivity contribution in [3.05, 3.63) is 71.0 Å². The zero-order valence-corrected chi connectivity index (χ0v) is 22.8. The van der Waals surface area contributed by atoms with Crippen LogP contribution in [0.25, 0.3) is 5.76 Å². The fourth-order valence-corrected chi connectivity index (χ4v) is 6.68. The summed E-state index contributed by atoms with van der Waals surface area (Å²) in [4.78, 5) is 30.1.